The summed E-state index contributed by atoms with van der Waals surface area (Å²) < 4.78 is 10.4. The van der Waals surface area contributed by atoms with Crippen LogP contribution in [0.3, 0.4) is 0 Å². The van der Waals surface area contributed by atoms with Gasteiger partial charge in [-0.25, -0.2) is 14.4 Å². The molecule has 2 N–H and O–H groups in total. The maximum absolute atomic E-state index is 12.9. The first-order valence-electron chi connectivity index (χ1n) is 12.4. The van der Waals surface area contributed by atoms with Gasteiger partial charge >= 0.3 is 18.0 Å². The van der Waals surface area contributed by atoms with Gasteiger partial charge in [0.1, 0.15) is 13.2 Å². The molecule has 2 saturated heterocycles. The van der Waals surface area contributed by atoms with Crippen molar-refractivity contribution < 1.29 is 29.0 Å². The van der Waals surface area contributed by atoms with E-state index in [4.69, 9.17) is 9.47 Å². The number of nitrogens with zero attached hydrogens (tertiary/aromatic N) is 2. The molecule has 4 aliphatic heterocycles. The Hall–Kier alpha value is -2.91. The van der Waals surface area contributed by atoms with E-state index in [1.54, 1.807) is 17.9 Å². The molecule has 35 heavy (non-hydrogen) atoms. The van der Waals surface area contributed by atoms with Crippen LogP contribution in [-0.2, 0) is 20.9 Å². The molecule has 0 bridgehead atoms. The molecular formula is C26H33N3O6. The van der Waals surface area contributed by atoms with Crippen LogP contribution in [0, 0.1) is 12.8 Å². The molecule has 0 spiro atoms. The van der Waals surface area contributed by atoms with Crippen LogP contribution in [0.4, 0.5) is 4.79 Å². The molecule has 1 unspecified atom stereocenters. The number of aliphatic hydroxyl groups excluding tert-OH is 1. The molecule has 5 rings (SSSR count). The summed E-state index contributed by atoms with van der Waals surface area (Å²) in [5.74, 6) is -0.392. The fraction of sp³-hybridized carbons (Fsp3) is 0.577. The van der Waals surface area contributed by atoms with Gasteiger partial charge < -0.3 is 24.8 Å². The SMILES string of the molecule is CCC1(C2CCN(C[C@H](O)c3ccc4c(c3C)COC4=O)CC2)CNC(=O)N1C1=C(C)C(=O)OC1. The number of hydrogen-bond acceptors (Lipinski definition) is 7. The Labute approximate surface area is 205 Å². The molecule has 9 nitrogen and oxygen atoms in total. The minimum atomic E-state index is -0.659. The van der Waals surface area contributed by atoms with Gasteiger partial charge in [-0.3, -0.25) is 4.90 Å². The summed E-state index contributed by atoms with van der Waals surface area (Å²) in [5, 5.41) is 14.0. The minimum absolute atomic E-state index is 0.141. The molecular weight excluding hydrogens is 450 g/mol. The summed E-state index contributed by atoms with van der Waals surface area (Å²) >= 11 is 0. The summed E-state index contributed by atoms with van der Waals surface area (Å²) in [7, 11) is 0. The van der Waals surface area contributed by atoms with E-state index >= 15 is 0 Å². The van der Waals surface area contributed by atoms with Crippen LogP contribution in [0.5, 0.6) is 0 Å². The number of likely N-dealkylation sites (tertiary alicyclic amines) is 1. The van der Waals surface area contributed by atoms with Crippen molar-refractivity contribution in [2.75, 3.05) is 32.8 Å². The zero-order valence-corrected chi connectivity index (χ0v) is 20.6. The number of cyclic esters (lactones) is 2. The standard InChI is InChI=1S/C26H33N3O6/c1-4-26(14-27-25(33)29(26)21-13-35-23(31)16(21)3)17-7-9-28(10-8-17)11-22(30)18-5-6-19-20(15(18)2)12-34-24(19)32/h5-6,17,22,30H,4,7-14H2,1-3H3,(H,27,33)/t22-,26?/m0/s1. The molecule has 1 aromatic carbocycles. The highest BCUT2D eigenvalue weighted by molar-refractivity contribution is 5.94. The number of carbonyl (C=O) groups is 3. The van der Waals surface area contributed by atoms with Crippen LogP contribution >= 0.6 is 0 Å². The van der Waals surface area contributed by atoms with Gasteiger partial charge in [-0.1, -0.05) is 13.0 Å². The van der Waals surface area contributed by atoms with Gasteiger partial charge in [0.25, 0.3) is 0 Å². The predicted molar refractivity (Wildman–Crippen MR) is 126 cm³/mol. The second-order valence-corrected chi connectivity index (χ2v) is 10.1. The largest absolute Gasteiger partial charge is 0.457 e. The first kappa shape index (κ1) is 23.8. The van der Waals surface area contributed by atoms with E-state index < -0.39 is 11.6 Å². The number of rotatable bonds is 6. The van der Waals surface area contributed by atoms with Crippen molar-refractivity contribution >= 4 is 18.0 Å². The third-order valence-corrected chi connectivity index (χ3v) is 8.50. The quantitative estimate of drug-likeness (QED) is 0.598. The van der Waals surface area contributed by atoms with Gasteiger partial charge in [0.05, 0.1) is 28.5 Å². The van der Waals surface area contributed by atoms with E-state index in [0.29, 0.717) is 29.9 Å². The van der Waals surface area contributed by atoms with Crippen molar-refractivity contribution in [1.29, 1.82) is 0 Å². The van der Waals surface area contributed by atoms with Crippen molar-refractivity contribution in [2.45, 2.75) is 58.3 Å². The molecule has 2 fully saturated rings. The summed E-state index contributed by atoms with van der Waals surface area (Å²) in [6.45, 7) is 8.84. The topological polar surface area (TPSA) is 108 Å². The highest BCUT2D eigenvalue weighted by Crippen LogP contribution is 2.42. The van der Waals surface area contributed by atoms with Crippen molar-refractivity contribution in [3.8, 4) is 0 Å². The number of nitrogens with one attached hydrogen (secondary N) is 1. The Morgan fingerprint density at radius 1 is 1.11 bits per heavy atom. The number of hydrogen-bond donors (Lipinski definition) is 2. The predicted octanol–water partition coefficient (Wildman–Crippen LogP) is 2.42. The number of piperidine rings is 1. The number of urea groups is 1. The van der Waals surface area contributed by atoms with Crippen LogP contribution in [0.2, 0.25) is 0 Å². The lowest BCUT2D eigenvalue weighted by Crippen LogP contribution is -2.55. The van der Waals surface area contributed by atoms with Crippen LogP contribution in [-0.4, -0.2) is 71.2 Å². The molecule has 9 heteroatoms. The van der Waals surface area contributed by atoms with Gasteiger partial charge in [-0.05, 0) is 69.3 Å². The third kappa shape index (κ3) is 3.81. The van der Waals surface area contributed by atoms with Gasteiger partial charge in [0.15, 0.2) is 0 Å². The minimum Gasteiger partial charge on any atom is -0.457 e. The molecule has 4 aliphatic rings. The second kappa shape index (κ2) is 8.95. The Balaban J connectivity index is 1.27. The number of benzene rings is 1. The molecule has 0 radical (unpaired) electrons. The van der Waals surface area contributed by atoms with Gasteiger partial charge in [-0.2, -0.15) is 0 Å². The van der Waals surface area contributed by atoms with Crippen LogP contribution in [0.15, 0.2) is 23.4 Å². The fourth-order valence-corrected chi connectivity index (χ4v) is 6.30. The number of β-amino-alcohol motifs (C(OH)–C–C–N with tert-alkyl or cyclic N) is 1. The van der Waals surface area contributed by atoms with Crippen LogP contribution in [0.25, 0.3) is 0 Å². The lowest BCUT2D eigenvalue weighted by molar-refractivity contribution is -0.136. The fourth-order valence-electron chi connectivity index (χ4n) is 6.30. The number of ether oxygens (including phenoxy) is 2. The summed E-state index contributed by atoms with van der Waals surface area (Å²) in [6.07, 6.45) is 1.89. The average molecular weight is 484 g/mol. The summed E-state index contributed by atoms with van der Waals surface area (Å²) in [6, 6.07) is 3.42. The van der Waals surface area contributed by atoms with E-state index in [1.807, 2.05) is 13.0 Å². The van der Waals surface area contributed by atoms with Crippen molar-refractivity contribution in [1.82, 2.24) is 15.1 Å². The normalized spacial score (nSPS) is 26.2. The maximum Gasteiger partial charge on any atom is 0.338 e. The number of fused-ring (bicyclic) bond motifs is 1. The monoisotopic (exact) mass is 483 g/mol. The lowest BCUT2D eigenvalue weighted by Gasteiger charge is -2.46. The Bertz CT molecular complexity index is 1110. The first-order valence-corrected chi connectivity index (χ1v) is 12.4. The number of amides is 2. The van der Waals surface area contributed by atoms with Crippen molar-refractivity contribution in [2.24, 2.45) is 5.92 Å². The first-order chi connectivity index (χ1) is 16.8. The highest BCUT2D eigenvalue weighted by Gasteiger charge is 2.52. The van der Waals surface area contributed by atoms with Gasteiger partial charge in [0.2, 0.25) is 0 Å². The molecule has 0 saturated carbocycles. The van der Waals surface area contributed by atoms with Crippen LogP contribution in [0.1, 0.15) is 66.3 Å². The number of esters is 2. The van der Waals surface area contributed by atoms with Crippen molar-refractivity contribution in [3.05, 3.63) is 45.7 Å². The third-order valence-electron chi connectivity index (χ3n) is 8.50. The maximum atomic E-state index is 12.9. The van der Waals surface area contributed by atoms with E-state index in [2.05, 4.69) is 17.1 Å². The number of carbonyl (C=O) groups excluding carboxylic acids is 3. The summed E-state index contributed by atoms with van der Waals surface area (Å²) in [4.78, 5) is 40.8. The van der Waals surface area contributed by atoms with E-state index in [9.17, 15) is 19.5 Å². The van der Waals surface area contributed by atoms with Gasteiger partial charge in [0, 0.05) is 18.7 Å². The van der Waals surface area contributed by atoms with E-state index in [-0.39, 0.29) is 37.1 Å². The smallest absolute Gasteiger partial charge is 0.338 e. The Morgan fingerprint density at radius 2 is 1.83 bits per heavy atom. The zero-order chi connectivity index (χ0) is 24.9. The van der Waals surface area contributed by atoms with E-state index in [1.165, 1.54) is 0 Å². The molecule has 2 amide bonds. The molecule has 0 aliphatic carbocycles. The van der Waals surface area contributed by atoms with Crippen LogP contribution < -0.4 is 5.32 Å². The van der Waals surface area contributed by atoms with Crippen molar-refractivity contribution in [3.63, 3.8) is 0 Å². The summed E-state index contributed by atoms with van der Waals surface area (Å²) in [5.41, 5.74) is 4.01. The molecule has 4 heterocycles. The Morgan fingerprint density at radius 3 is 2.49 bits per heavy atom. The Kier molecular flexibility index (Phi) is 6.09. The molecule has 2 atom stereocenters. The lowest BCUT2D eigenvalue weighted by atomic mass is 9.75. The second-order valence-electron chi connectivity index (χ2n) is 10.1. The molecule has 188 valence electrons. The average Bonchev–Trinajstić information content (AvgIpc) is 3.50. The highest BCUT2D eigenvalue weighted by atomic mass is 16.5. The zero-order valence-electron chi connectivity index (χ0n) is 20.6. The molecule has 0 aromatic heterocycles. The number of aliphatic hydroxyl groups is 1. The van der Waals surface area contributed by atoms with E-state index in [0.717, 1.165) is 49.0 Å². The van der Waals surface area contributed by atoms with Gasteiger partial charge in [-0.15, -0.1) is 0 Å². The molecule has 1 aromatic rings.